The summed E-state index contributed by atoms with van der Waals surface area (Å²) < 4.78 is 11.1. The van der Waals surface area contributed by atoms with Crippen molar-refractivity contribution in [2.75, 3.05) is 0 Å². The van der Waals surface area contributed by atoms with E-state index in [9.17, 15) is 0 Å². The maximum absolute atomic E-state index is 8.79. The molecule has 0 bridgehead atoms. The van der Waals surface area contributed by atoms with Crippen molar-refractivity contribution in [3.63, 3.8) is 0 Å². The Morgan fingerprint density at radius 2 is 1.67 bits per heavy atom. The molecular formula is C14H13NO3. The molecule has 2 aromatic heterocycles. The molecule has 0 fully saturated rings. The normalized spacial score (nSPS) is 12.7. The van der Waals surface area contributed by atoms with Crippen molar-refractivity contribution in [3.8, 4) is 0 Å². The Labute approximate surface area is 103 Å². The molecule has 1 aromatic carbocycles. The standard InChI is InChI=1S/C14H13NO3/c1-7-4-14(15-16)18-12-6-13-11(5-10(7)12)8(2)9(3)17-13/h4-6,16H,1-3H3/b15-14+. The van der Waals surface area contributed by atoms with E-state index in [0.29, 0.717) is 5.58 Å². The van der Waals surface area contributed by atoms with Gasteiger partial charge in [-0.15, -0.1) is 0 Å². The summed E-state index contributed by atoms with van der Waals surface area (Å²) in [6.07, 6.45) is 0. The van der Waals surface area contributed by atoms with E-state index >= 15 is 0 Å². The molecule has 18 heavy (non-hydrogen) atoms. The van der Waals surface area contributed by atoms with Crippen LogP contribution in [0.15, 0.2) is 32.2 Å². The first-order valence-corrected chi connectivity index (χ1v) is 5.72. The molecule has 4 nitrogen and oxygen atoms in total. The largest absolute Gasteiger partial charge is 0.461 e. The fraction of sp³-hybridized carbons (Fsp3) is 0.214. The summed E-state index contributed by atoms with van der Waals surface area (Å²) in [6.45, 7) is 5.94. The van der Waals surface area contributed by atoms with Crippen LogP contribution in [0, 0.1) is 20.8 Å². The van der Waals surface area contributed by atoms with Gasteiger partial charge in [-0.2, -0.15) is 0 Å². The predicted molar refractivity (Wildman–Crippen MR) is 67.5 cm³/mol. The Balaban J connectivity index is 2.52. The molecule has 0 amide bonds. The topological polar surface area (TPSA) is 58.9 Å². The Hall–Kier alpha value is -2.23. The van der Waals surface area contributed by atoms with E-state index in [-0.39, 0.29) is 5.55 Å². The number of nitrogens with zero attached hydrogens (tertiary/aromatic N) is 1. The third kappa shape index (κ3) is 1.42. The Morgan fingerprint density at radius 3 is 2.39 bits per heavy atom. The smallest absolute Gasteiger partial charge is 0.255 e. The maximum atomic E-state index is 8.79. The average Bonchev–Trinajstić information content (AvgIpc) is 2.62. The van der Waals surface area contributed by atoms with Gasteiger partial charge in [0, 0.05) is 22.9 Å². The van der Waals surface area contributed by atoms with Gasteiger partial charge < -0.3 is 14.0 Å². The molecule has 4 heteroatoms. The summed E-state index contributed by atoms with van der Waals surface area (Å²) in [5, 5.41) is 14.0. The van der Waals surface area contributed by atoms with Gasteiger partial charge in [-0.25, -0.2) is 0 Å². The molecule has 0 unspecified atom stereocenters. The molecule has 2 heterocycles. The lowest BCUT2D eigenvalue weighted by atomic mass is 10.1. The van der Waals surface area contributed by atoms with Crippen LogP contribution in [0.1, 0.15) is 16.9 Å². The third-order valence-electron chi connectivity index (χ3n) is 3.35. The minimum absolute atomic E-state index is 0.194. The fourth-order valence-corrected chi connectivity index (χ4v) is 2.22. The lowest BCUT2D eigenvalue weighted by molar-refractivity contribution is 0.277. The molecule has 0 radical (unpaired) electrons. The number of furan rings is 1. The first kappa shape index (κ1) is 10.9. The van der Waals surface area contributed by atoms with Crippen LogP contribution in [0.5, 0.6) is 0 Å². The van der Waals surface area contributed by atoms with E-state index in [1.807, 2.05) is 26.8 Å². The second kappa shape index (κ2) is 3.63. The van der Waals surface area contributed by atoms with E-state index in [1.54, 1.807) is 6.07 Å². The SMILES string of the molecule is Cc1oc2cc3o/c(=N/O)cc(C)c3cc2c1C. The molecular weight excluding hydrogens is 230 g/mol. The molecule has 0 spiro atoms. The van der Waals surface area contributed by atoms with Gasteiger partial charge in [0.15, 0.2) is 0 Å². The minimum Gasteiger partial charge on any atom is -0.461 e. The van der Waals surface area contributed by atoms with Crippen molar-refractivity contribution in [1.29, 1.82) is 0 Å². The molecule has 0 aliphatic carbocycles. The van der Waals surface area contributed by atoms with Crippen LogP contribution in [-0.2, 0) is 0 Å². The van der Waals surface area contributed by atoms with Crippen LogP contribution in [-0.4, -0.2) is 5.21 Å². The van der Waals surface area contributed by atoms with Crippen molar-refractivity contribution in [1.82, 2.24) is 0 Å². The third-order valence-corrected chi connectivity index (χ3v) is 3.35. The summed E-state index contributed by atoms with van der Waals surface area (Å²) in [7, 11) is 0. The number of benzene rings is 1. The van der Waals surface area contributed by atoms with E-state index in [2.05, 4.69) is 11.2 Å². The van der Waals surface area contributed by atoms with Crippen molar-refractivity contribution in [2.45, 2.75) is 20.8 Å². The Morgan fingerprint density at radius 1 is 0.944 bits per heavy atom. The highest BCUT2D eigenvalue weighted by molar-refractivity contribution is 5.96. The predicted octanol–water partition coefficient (Wildman–Crippen LogP) is 3.39. The van der Waals surface area contributed by atoms with E-state index in [4.69, 9.17) is 14.0 Å². The minimum atomic E-state index is 0.194. The van der Waals surface area contributed by atoms with Crippen LogP contribution in [0.4, 0.5) is 0 Å². The number of fused-ring (bicyclic) bond motifs is 2. The van der Waals surface area contributed by atoms with Gasteiger partial charge in [0.2, 0.25) is 0 Å². The molecule has 0 saturated carbocycles. The summed E-state index contributed by atoms with van der Waals surface area (Å²) in [5.41, 5.74) is 3.78. The molecule has 0 aliphatic heterocycles. The van der Waals surface area contributed by atoms with Gasteiger partial charge in [-0.05, 0) is 43.1 Å². The lowest BCUT2D eigenvalue weighted by Gasteiger charge is -2.01. The zero-order valence-electron chi connectivity index (χ0n) is 10.4. The van der Waals surface area contributed by atoms with Crippen molar-refractivity contribution < 1.29 is 14.0 Å². The van der Waals surface area contributed by atoms with E-state index in [1.165, 1.54) is 0 Å². The van der Waals surface area contributed by atoms with Gasteiger partial charge in [0.1, 0.15) is 16.9 Å². The van der Waals surface area contributed by atoms with Crippen LogP contribution in [0.2, 0.25) is 0 Å². The molecule has 0 atom stereocenters. The summed E-state index contributed by atoms with van der Waals surface area (Å²) in [6, 6.07) is 5.60. The second-order valence-electron chi connectivity index (χ2n) is 4.50. The number of hydrogen-bond donors (Lipinski definition) is 1. The molecule has 92 valence electrons. The molecule has 3 rings (SSSR count). The molecule has 0 aliphatic rings. The maximum Gasteiger partial charge on any atom is 0.255 e. The highest BCUT2D eigenvalue weighted by Gasteiger charge is 2.10. The van der Waals surface area contributed by atoms with E-state index in [0.717, 1.165) is 33.2 Å². The zero-order valence-corrected chi connectivity index (χ0v) is 10.4. The summed E-state index contributed by atoms with van der Waals surface area (Å²) >= 11 is 0. The highest BCUT2D eigenvalue weighted by Crippen LogP contribution is 2.29. The Bertz CT molecular complexity index is 824. The van der Waals surface area contributed by atoms with Crippen LogP contribution >= 0.6 is 0 Å². The summed E-state index contributed by atoms with van der Waals surface area (Å²) in [5.74, 6) is 0.907. The van der Waals surface area contributed by atoms with Crippen molar-refractivity contribution >= 4 is 21.9 Å². The molecule has 1 N–H and O–H groups in total. The van der Waals surface area contributed by atoms with Crippen LogP contribution in [0.25, 0.3) is 21.9 Å². The molecule has 3 aromatic rings. The first-order chi connectivity index (χ1) is 8.60. The number of rotatable bonds is 0. The van der Waals surface area contributed by atoms with Gasteiger partial charge in [0.25, 0.3) is 5.55 Å². The van der Waals surface area contributed by atoms with Gasteiger partial charge in [0.05, 0.1) is 0 Å². The van der Waals surface area contributed by atoms with Crippen LogP contribution in [0.3, 0.4) is 0 Å². The van der Waals surface area contributed by atoms with Gasteiger partial charge >= 0.3 is 0 Å². The highest BCUT2D eigenvalue weighted by atomic mass is 16.5. The van der Waals surface area contributed by atoms with E-state index < -0.39 is 0 Å². The average molecular weight is 243 g/mol. The zero-order chi connectivity index (χ0) is 12.9. The quantitative estimate of drug-likeness (QED) is 0.486. The summed E-state index contributed by atoms with van der Waals surface area (Å²) in [4.78, 5) is 0. The Kier molecular flexibility index (Phi) is 2.20. The van der Waals surface area contributed by atoms with Gasteiger partial charge in [-0.3, -0.25) is 0 Å². The van der Waals surface area contributed by atoms with Crippen molar-refractivity contribution in [2.24, 2.45) is 5.16 Å². The fourth-order valence-electron chi connectivity index (χ4n) is 2.22. The first-order valence-electron chi connectivity index (χ1n) is 5.72. The lowest BCUT2D eigenvalue weighted by Crippen LogP contribution is -2.00. The number of hydrogen-bond acceptors (Lipinski definition) is 4. The number of aryl methyl sites for hydroxylation is 3. The second-order valence-corrected chi connectivity index (χ2v) is 4.50. The van der Waals surface area contributed by atoms with Crippen LogP contribution < -0.4 is 5.55 Å². The monoisotopic (exact) mass is 243 g/mol. The van der Waals surface area contributed by atoms with Crippen molar-refractivity contribution in [3.05, 3.63) is 40.6 Å². The molecule has 0 saturated heterocycles. The van der Waals surface area contributed by atoms with Gasteiger partial charge in [-0.1, -0.05) is 0 Å².